The quantitative estimate of drug-likeness (QED) is 0.408. The molecule has 0 spiro atoms. The van der Waals surface area contributed by atoms with Crippen molar-refractivity contribution < 1.29 is 9.18 Å². The number of amides is 1. The van der Waals surface area contributed by atoms with E-state index >= 15 is 0 Å². The van der Waals surface area contributed by atoms with Crippen molar-refractivity contribution in [2.45, 2.75) is 19.9 Å². The van der Waals surface area contributed by atoms with E-state index in [0.717, 1.165) is 52.9 Å². The van der Waals surface area contributed by atoms with Gasteiger partial charge in [-0.2, -0.15) is 4.98 Å². The van der Waals surface area contributed by atoms with Crippen LogP contribution in [0.15, 0.2) is 53.9 Å². The van der Waals surface area contributed by atoms with Crippen LogP contribution in [0.2, 0.25) is 0 Å². The number of likely N-dealkylation sites (N-methyl/N-ethyl adjacent to an activating group) is 1. The summed E-state index contributed by atoms with van der Waals surface area (Å²) in [6.45, 7) is 4.66. The van der Waals surface area contributed by atoms with E-state index in [1.165, 1.54) is 23.5 Å². The molecule has 5 aromatic rings. The third-order valence-electron chi connectivity index (χ3n) is 6.25. The number of carbonyl (C=O) groups excluding carboxylic acids is 1. The lowest BCUT2D eigenvalue weighted by molar-refractivity contribution is 0.102. The van der Waals surface area contributed by atoms with Gasteiger partial charge in [-0.05, 0) is 36.9 Å². The number of nitrogens with one attached hydrogen (secondary N) is 1. The lowest BCUT2D eigenvalue weighted by Crippen LogP contribution is -2.33. The molecule has 4 heterocycles. The summed E-state index contributed by atoms with van der Waals surface area (Å²) >= 11 is 1.41. The molecule has 34 heavy (non-hydrogen) atoms. The molecule has 0 atom stereocenters. The van der Waals surface area contributed by atoms with Gasteiger partial charge in [0.1, 0.15) is 5.82 Å². The third-order valence-corrected chi connectivity index (χ3v) is 7.06. The molecule has 1 aliphatic heterocycles. The second-order valence-electron chi connectivity index (χ2n) is 8.26. The van der Waals surface area contributed by atoms with Gasteiger partial charge in [-0.1, -0.05) is 25.1 Å². The first-order valence-corrected chi connectivity index (χ1v) is 12.0. The fourth-order valence-corrected chi connectivity index (χ4v) is 5.32. The number of nitrogens with zero attached hydrogens (tertiary/aromatic N) is 5. The molecule has 0 bridgehead atoms. The maximum atomic E-state index is 13.6. The van der Waals surface area contributed by atoms with Crippen molar-refractivity contribution in [2.75, 3.05) is 18.4 Å². The third kappa shape index (κ3) is 3.53. The molecule has 6 rings (SSSR count). The number of hydrogen-bond donors (Lipinski definition) is 1. The van der Waals surface area contributed by atoms with Crippen LogP contribution in [-0.2, 0) is 13.0 Å². The van der Waals surface area contributed by atoms with Gasteiger partial charge < -0.3 is 0 Å². The molecule has 2 aromatic carbocycles. The van der Waals surface area contributed by atoms with E-state index < -0.39 is 0 Å². The number of fused-ring (bicyclic) bond motifs is 3. The summed E-state index contributed by atoms with van der Waals surface area (Å²) < 4.78 is 15.0. The Morgan fingerprint density at radius 1 is 1.15 bits per heavy atom. The number of para-hydroxylation sites is 1. The lowest BCUT2D eigenvalue weighted by Gasteiger charge is -2.29. The van der Waals surface area contributed by atoms with Crippen LogP contribution < -0.4 is 5.32 Å². The number of halogens is 1. The molecule has 1 amide bonds. The fourth-order valence-electron chi connectivity index (χ4n) is 4.49. The Balaban J connectivity index is 1.39. The summed E-state index contributed by atoms with van der Waals surface area (Å²) in [6.07, 6.45) is 0.813. The van der Waals surface area contributed by atoms with E-state index in [1.807, 2.05) is 29.6 Å². The van der Waals surface area contributed by atoms with E-state index in [-0.39, 0.29) is 17.7 Å². The van der Waals surface area contributed by atoms with Crippen LogP contribution in [-0.4, -0.2) is 43.5 Å². The predicted octanol–water partition coefficient (Wildman–Crippen LogP) is 4.78. The molecule has 9 heteroatoms. The molecule has 1 N–H and O–H groups in total. The molecule has 170 valence electrons. The van der Waals surface area contributed by atoms with Crippen LogP contribution in [0.3, 0.4) is 0 Å². The molecule has 0 radical (unpaired) electrons. The van der Waals surface area contributed by atoms with E-state index in [4.69, 9.17) is 4.98 Å². The zero-order chi connectivity index (χ0) is 23.2. The van der Waals surface area contributed by atoms with Crippen LogP contribution in [0, 0.1) is 5.82 Å². The number of anilines is 1. The summed E-state index contributed by atoms with van der Waals surface area (Å²) in [4.78, 5) is 25.9. The van der Waals surface area contributed by atoms with Crippen molar-refractivity contribution in [1.82, 2.24) is 24.5 Å². The second kappa shape index (κ2) is 8.27. The summed E-state index contributed by atoms with van der Waals surface area (Å²) in [5.41, 5.74) is 5.01. The van der Waals surface area contributed by atoms with Gasteiger partial charge >= 0.3 is 0 Å². The molecule has 1 aliphatic rings. The number of carbonyl (C=O) groups is 1. The van der Waals surface area contributed by atoms with E-state index in [1.54, 1.807) is 16.6 Å². The molecule has 0 unspecified atom stereocenters. The Hall–Kier alpha value is -3.69. The van der Waals surface area contributed by atoms with Crippen molar-refractivity contribution in [3.8, 4) is 11.3 Å². The first-order chi connectivity index (χ1) is 16.6. The Morgan fingerprint density at radius 3 is 2.79 bits per heavy atom. The van der Waals surface area contributed by atoms with Crippen molar-refractivity contribution >= 4 is 39.1 Å². The molecular formula is C25H21FN6OS. The van der Waals surface area contributed by atoms with Crippen molar-refractivity contribution in [1.29, 1.82) is 0 Å². The number of benzene rings is 2. The minimum atomic E-state index is -0.295. The summed E-state index contributed by atoms with van der Waals surface area (Å²) in [5, 5.41) is 10.2. The number of aromatic nitrogens is 4. The van der Waals surface area contributed by atoms with Gasteiger partial charge in [0.05, 0.1) is 16.8 Å². The number of rotatable bonds is 4. The smallest absolute Gasteiger partial charge is 0.259 e. The first kappa shape index (κ1) is 20.9. The minimum Gasteiger partial charge on any atom is -0.299 e. The van der Waals surface area contributed by atoms with Gasteiger partial charge in [-0.15, -0.1) is 16.4 Å². The molecule has 0 saturated heterocycles. The number of pyridine rings is 1. The van der Waals surface area contributed by atoms with Crippen LogP contribution >= 0.6 is 11.3 Å². The Labute approximate surface area is 198 Å². The van der Waals surface area contributed by atoms with Crippen LogP contribution in [0.25, 0.3) is 27.1 Å². The maximum absolute atomic E-state index is 13.6. The highest BCUT2D eigenvalue weighted by Gasteiger charge is 2.26. The molecule has 0 fully saturated rings. The van der Waals surface area contributed by atoms with E-state index in [9.17, 15) is 9.18 Å². The zero-order valence-electron chi connectivity index (χ0n) is 18.5. The van der Waals surface area contributed by atoms with Gasteiger partial charge in [0.2, 0.25) is 4.96 Å². The van der Waals surface area contributed by atoms with Crippen molar-refractivity contribution in [3.63, 3.8) is 0 Å². The van der Waals surface area contributed by atoms with Gasteiger partial charge in [0, 0.05) is 47.1 Å². The SMILES string of the molecule is CCN1CCc2nc3ccccc3c(C(=O)Nc3nc4scc(-c5ccc(F)cc5)n4n3)c2C1. The highest BCUT2D eigenvalue weighted by atomic mass is 32.1. The largest absolute Gasteiger partial charge is 0.299 e. The van der Waals surface area contributed by atoms with Crippen LogP contribution in [0.1, 0.15) is 28.5 Å². The van der Waals surface area contributed by atoms with Gasteiger partial charge in [0.25, 0.3) is 11.9 Å². The van der Waals surface area contributed by atoms with Crippen LogP contribution in [0.4, 0.5) is 10.3 Å². The molecule has 3 aromatic heterocycles. The Morgan fingerprint density at radius 2 is 1.97 bits per heavy atom. The summed E-state index contributed by atoms with van der Waals surface area (Å²) in [7, 11) is 0. The van der Waals surface area contributed by atoms with Crippen molar-refractivity contribution in [3.05, 3.63) is 76.5 Å². The molecular weight excluding hydrogens is 451 g/mol. The second-order valence-corrected chi connectivity index (χ2v) is 9.10. The maximum Gasteiger partial charge on any atom is 0.259 e. The lowest BCUT2D eigenvalue weighted by atomic mass is 9.95. The van der Waals surface area contributed by atoms with Crippen molar-refractivity contribution in [2.24, 2.45) is 0 Å². The highest BCUT2D eigenvalue weighted by molar-refractivity contribution is 7.15. The standard InChI is InChI=1S/C25H21FN6OS/c1-2-31-12-11-20-18(13-31)22(17-5-3-4-6-19(17)27-20)23(33)28-24-29-25-32(30-24)21(14-34-25)15-7-9-16(26)10-8-15/h3-10,14H,2,11-13H2,1H3,(H,28,30,33). The minimum absolute atomic E-state index is 0.234. The number of thiazole rings is 1. The van der Waals surface area contributed by atoms with E-state index in [0.29, 0.717) is 17.1 Å². The van der Waals surface area contributed by atoms with Gasteiger partial charge in [-0.25, -0.2) is 8.91 Å². The Kier molecular flexibility index (Phi) is 5.08. The fraction of sp³-hybridized carbons (Fsp3) is 0.200. The molecule has 0 aliphatic carbocycles. The average molecular weight is 473 g/mol. The van der Waals surface area contributed by atoms with Crippen LogP contribution in [0.5, 0.6) is 0 Å². The first-order valence-electron chi connectivity index (χ1n) is 11.1. The van der Waals surface area contributed by atoms with Gasteiger partial charge in [-0.3, -0.25) is 20.0 Å². The highest BCUT2D eigenvalue weighted by Crippen LogP contribution is 2.30. The average Bonchev–Trinajstić information content (AvgIpc) is 3.43. The normalized spacial score (nSPS) is 13.9. The monoisotopic (exact) mass is 472 g/mol. The number of hydrogen-bond acceptors (Lipinski definition) is 6. The van der Waals surface area contributed by atoms with Gasteiger partial charge in [0.15, 0.2) is 0 Å². The zero-order valence-corrected chi connectivity index (χ0v) is 19.3. The topological polar surface area (TPSA) is 75.4 Å². The van der Waals surface area contributed by atoms with E-state index in [2.05, 4.69) is 27.2 Å². The summed E-state index contributed by atoms with van der Waals surface area (Å²) in [6, 6.07) is 14.0. The Bertz CT molecular complexity index is 1540. The molecule has 0 saturated carbocycles. The predicted molar refractivity (Wildman–Crippen MR) is 131 cm³/mol. The summed E-state index contributed by atoms with van der Waals surface area (Å²) in [5.74, 6) is -0.302. The molecule has 7 nitrogen and oxygen atoms in total.